The number of methoxy groups -OCH3 is 1. The monoisotopic (exact) mass is 415 g/mol. The lowest BCUT2D eigenvalue weighted by Gasteiger charge is -2.28. The molecule has 7 nitrogen and oxygen atoms in total. The number of hydrogen-bond acceptors (Lipinski definition) is 6. The van der Waals surface area contributed by atoms with E-state index in [1.807, 2.05) is 19.9 Å². The van der Waals surface area contributed by atoms with E-state index in [4.69, 9.17) is 13.9 Å². The molecule has 1 atom stereocenters. The molecule has 1 aliphatic rings. The van der Waals surface area contributed by atoms with Crippen LogP contribution in [0.2, 0.25) is 0 Å². The van der Waals surface area contributed by atoms with Crippen LogP contribution in [0.4, 0.5) is 0 Å². The quantitative estimate of drug-likeness (QED) is 0.575. The summed E-state index contributed by atoms with van der Waals surface area (Å²) in [4.78, 5) is 36.2. The smallest absolute Gasteiger partial charge is 0.336 e. The second kappa shape index (κ2) is 9.32. The summed E-state index contributed by atoms with van der Waals surface area (Å²) >= 11 is 0. The van der Waals surface area contributed by atoms with E-state index in [2.05, 4.69) is 5.32 Å². The van der Waals surface area contributed by atoms with E-state index in [0.717, 1.165) is 29.4 Å². The summed E-state index contributed by atoms with van der Waals surface area (Å²) in [6.07, 6.45) is 2.80. The molecule has 1 aliphatic carbocycles. The lowest BCUT2D eigenvalue weighted by Crippen LogP contribution is -2.44. The van der Waals surface area contributed by atoms with Crippen molar-refractivity contribution in [2.45, 2.75) is 65.0 Å². The van der Waals surface area contributed by atoms with Crippen LogP contribution in [0.3, 0.4) is 0 Å². The molecule has 1 saturated carbocycles. The zero-order valence-corrected chi connectivity index (χ0v) is 17.9. The van der Waals surface area contributed by atoms with Gasteiger partial charge in [0.15, 0.2) is 6.10 Å². The van der Waals surface area contributed by atoms with Gasteiger partial charge in [0.05, 0.1) is 18.4 Å². The molecule has 1 N–H and O–H groups in total. The Morgan fingerprint density at radius 1 is 1.20 bits per heavy atom. The first-order valence-electron chi connectivity index (χ1n) is 10.4. The van der Waals surface area contributed by atoms with Crippen molar-refractivity contribution in [1.82, 2.24) is 5.32 Å². The maximum Gasteiger partial charge on any atom is 0.336 e. The van der Waals surface area contributed by atoms with E-state index >= 15 is 0 Å². The third-order valence-corrected chi connectivity index (χ3v) is 5.70. The molecule has 0 spiro atoms. The van der Waals surface area contributed by atoms with E-state index in [1.165, 1.54) is 13.2 Å². The van der Waals surface area contributed by atoms with Gasteiger partial charge in [0.1, 0.15) is 11.3 Å². The van der Waals surface area contributed by atoms with Crippen molar-refractivity contribution >= 4 is 22.8 Å². The second-order valence-corrected chi connectivity index (χ2v) is 7.92. The molecule has 0 saturated heterocycles. The van der Waals surface area contributed by atoms with Crippen molar-refractivity contribution in [3.63, 3.8) is 0 Å². The average molecular weight is 415 g/mol. The van der Waals surface area contributed by atoms with Crippen LogP contribution in [0, 0.1) is 12.8 Å². The average Bonchev–Trinajstić information content (AvgIpc) is 2.72. The van der Waals surface area contributed by atoms with Crippen molar-refractivity contribution < 1.29 is 23.5 Å². The van der Waals surface area contributed by atoms with Crippen molar-refractivity contribution in [2.75, 3.05) is 7.11 Å². The minimum Gasteiger partial charge on any atom is -0.480 e. The Morgan fingerprint density at radius 2 is 1.90 bits per heavy atom. The third-order valence-electron chi connectivity index (χ3n) is 5.70. The minimum atomic E-state index is -0.718. The first kappa shape index (κ1) is 21.9. The molecule has 0 aliphatic heterocycles. The Bertz CT molecular complexity index is 987. The molecule has 162 valence electrons. The molecule has 1 heterocycles. The van der Waals surface area contributed by atoms with Gasteiger partial charge in [-0.05, 0) is 69.2 Å². The molecule has 1 amide bonds. The van der Waals surface area contributed by atoms with Gasteiger partial charge in [-0.3, -0.25) is 9.59 Å². The molecule has 2 aromatic rings. The summed E-state index contributed by atoms with van der Waals surface area (Å²) < 4.78 is 16.2. The van der Waals surface area contributed by atoms with Gasteiger partial charge in [-0.1, -0.05) is 6.92 Å². The van der Waals surface area contributed by atoms with Crippen LogP contribution in [0.5, 0.6) is 5.75 Å². The van der Waals surface area contributed by atoms with Crippen LogP contribution >= 0.6 is 0 Å². The van der Waals surface area contributed by atoms with Crippen molar-refractivity contribution in [3.8, 4) is 5.75 Å². The summed E-state index contributed by atoms with van der Waals surface area (Å²) in [5.74, 6) is 0.0584. The fraction of sp³-hybridized carbons (Fsp3) is 0.522. The summed E-state index contributed by atoms with van der Waals surface area (Å²) in [5.41, 5.74) is 1.76. The summed E-state index contributed by atoms with van der Waals surface area (Å²) in [5, 5.41) is 3.75. The van der Waals surface area contributed by atoms with Gasteiger partial charge in [0, 0.05) is 12.1 Å². The molecular formula is C23H29NO6. The highest BCUT2D eigenvalue weighted by Crippen LogP contribution is 2.31. The normalized spacial score (nSPS) is 19.9. The highest BCUT2D eigenvalue weighted by Gasteiger charge is 2.29. The first-order valence-corrected chi connectivity index (χ1v) is 10.4. The number of rotatable bonds is 6. The lowest BCUT2D eigenvalue weighted by atomic mass is 9.86. The molecule has 30 heavy (non-hydrogen) atoms. The number of carbonyl (C=O) groups is 2. The van der Waals surface area contributed by atoms with Crippen LogP contribution in [-0.4, -0.2) is 31.1 Å². The van der Waals surface area contributed by atoms with E-state index in [0.29, 0.717) is 30.6 Å². The molecule has 1 aromatic heterocycles. The van der Waals surface area contributed by atoms with Gasteiger partial charge in [-0.2, -0.15) is 0 Å². The van der Waals surface area contributed by atoms with E-state index < -0.39 is 11.7 Å². The van der Waals surface area contributed by atoms with Crippen molar-refractivity contribution in [2.24, 2.45) is 5.92 Å². The summed E-state index contributed by atoms with van der Waals surface area (Å²) in [6.45, 7) is 5.54. The number of hydrogen-bond donors (Lipinski definition) is 1. The van der Waals surface area contributed by atoms with E-state index in [-0.39, 0.29) is 23.8 Å². The number of carbonyl (C=O) groups excluding carboxylic acids is 2. The maximum atomic E-state index is 12.7. The van der Waals surface area contributed by atoms with Crippen molar-refractivity contribution in [3.05, 3.63) is 39.7 Å². The highest BCUT2D eigenvalue weighted by molar-refractivity contribution is 5.88. The Hall–Kier alpha value is -2.83. The molecular weight excluding hydrogens is 386 g/mol. The number of benzene rings is 1. The number of ether oxygens (including phenoxy) is 2. The minimum absolute atomic E-state index is 0.0166. The predicted molar refractivity (Wildman–Crippen MR) is 113 cm³/mol. The fourth-order valence-electron chi connectivity index (χ4n) is 4.04. The van der Waals surface area contributed by atoms with Gasteiger partial charge < -0.3 is 19.2 Å². The SMILES string of the molecule is CCc1cc(=O)oc2cc(C)cc(OC(C)C(=O)NC3CCC(C(=O)OC)CC3)c12. The lowest BCUT2D eigenvalue weighted by molar-refractivity contribution is -0.146. The molecule has 3 rings (SSSR count). The number of nitrogens with one attached hydrogen (secondary N) is 1. The molecule has 0 radical (unpaired) electrons. The zero-order chi connectivity index (χ0) is 21.8. The predicted octanol–water partition coefficient (Wildman–Crippen LogP) is 3.28. The highest BCUT2D eigenvalue weighted by atomic mass is 16.5. The Morgan fingerprint density at radius 3 is 2.53 bits per heavy atom. The van der Waals surface area contributed by atoms with Crippen LogP contribution in [-0.2, 0) is 20.7 Å². The third kappa shape index (κ3) is 4.83. The number of esters is 1. The number of fused-ring (bicyclic) bond motifs is 1. The Labute approximate surface area is 175 Å². The van der Waals surface area contributed by atoms with Gasteiger partial charge in [-0.25, -0.2) is 4.79 Å². The molecule has 1 unspecified atom stereocenters. The van der Waals surface area contributed by atoms with Crippen LogP contribution in [0.1, 0.15) is 50.7 Å². The van der Waals surface area contributed by atoms with Crippen LogP contribution in [0.25, 0.3) is 11.0 Å². The Balaban J connectivity index is 1.71. The summed E-state index contributed by atoms with van der Waals surface area (Å²) in [7, 11) is 1.40. The Kier molecular flexibility index (Phi) is 6.80. The van der Waals surface area contributed by atoms with Crippen LogP contribution in [0.15, 0.2) is 27.4 Å². The number of aryl methyl sites for hydroxylation is 2. The standard InChI is InChI=1S/C23H29NO6/c1-5-15-12-20(25)30-19-11-13(2)10-18(21(15)19)29-14(3)22(26)24-17-8-6-16(7-9-17)23(27)28-4/h10-12,14,16-17H,5-9H2,1-4H3,(H,24,26). The van der Waals surface area contributed by atoms with Gasteiger partial charge >= 0.3 is 11.6 Å². The maximum absolute atomic E-state index is 12.7. The molecule has 1 aromatic carbocycles. The fourth-order valence-corrected chi connectivity index (χ4v) is 4.04. The topological polar surface area (TPSA) is 94.8 Å². The largest absolute Gasteiger partial charge is 0.480 e. The van der Waals surface area contributed by atoms with E-state index in [9.17, 15) is 14.4 Å². The van der Waals surface area contributed by atoms with Gasteiger partial charge in [-0.15, -0.1) is 0 Å². The molecule has 1 fully saturated rings. The van der Waals surface area contributed by atoms with Gasteiger partial charge in [0.2, 0.25) is 0 Å². The first-order chi connectivity index (χ1) is 14.3. The van der Waals surface area contributed by atoms with Crippen molar-refractivity contribution in [1.29, 1.82) is 0 Å². The van der Waals surface area contributed by atoms with E-state index in [1.54, 1.807) is 13.0 Å². The summed E-state index contributed by atoms with van der Waals surface area (Å²) in [6, 6.07) is 5.14. The molecule has 0 bridgehead atoms. The van der Waals surface area contributed by atoms with Crippen LogP contribution < -0.4 is 15.7 Å². The van der Waals surface area contributed by atoms with Gasteiger partial charge in [0.25, 0.3) is 5.91 Å². The number of amides is 1. The zero-order valence-electron chi connectivity index (χ0n) is 17.9. The molecule has 7 heteroatoms. The second-order valence-electron chi connectivity index (χ2n) is 7.92.